The predicted octanol–water partition coefficient (Wildman–Crippen LogP) is 3.78. The van der Waals surface area contributed by atoms with Crippen LogP contribution in [0.25, 0.3) is 0 Å². The van der Waals surface area contributed by atoms with Crippen molar-refractivity contribution >= 4 is 29.1 Å². The van der Waals surface area contributed by atoms with Gasteiger partial charge in [-0.05, 0) is 45.0 Å². The van der Waals surface area contributed by atoms with Crippen molar-refractivity contribution in [1.82, 2.24) is 10.2 Å². The summed E-state index contributed by atoms with van der Waals surface area (Å²) in [5, 5.41) is 1.45. The molecule has 8 nitrogen and oxygen atoms in total. The number of methoxy groups -OCH3 is 1. The number of carbonyl (C=O) groups excluding carboxylic acids is 3. The van der Waals surface area contributed by atoms with Crippen LogP contribution in [-0.4, -0.2) is 53.4 Å². The first-order valence-corrected chi connectivity index (χ1v) is 10.7. The quantitative estimate of drug-likeness (QED) is 0.552. The average molecular weight is 439 g/mol. The minimum Gasteiger partial charge on any atom is -0.491 e. The average Bonchev–Trinajstić information content (AvgIpc) is 2.87. The second-order valence-electron chi connectivity index (χ2n) is 8.06. The molecule has 1 aromatic carbocycles. The third-order valence-electron chi connectivity index (χ3n) is 4.34. The lowest BCUT2D eigenvalue weighted by atomic mass is 10.1. The Kier molecular flexibility index (Phi) is 8.40. The molecule has 0 aliphatic carbocycles. The normalized spacial score (nSPS) is 15.7. The number of nitrogens with zero attached hydrogens (tertiary/aromatic N) is 1. The van der Waals surface area contributed by atoms with E-state index < -0.39 is 28.3 Å². The van der Waals surface area contributed by atoms with Crippen molar-refractivity contribution in [2.75, 3.05) is 20.3 Å². The van der Waals surface area contributed by atoms with Crippen molar-refractivity contribution in [2.45, 2.75) is 51.6 Å². The lowest BCUT2D eigenvalue weighted by Crippen LogP contribution is -2.42. The van der Waals surface area contributed by atoms with Crippen LogP contribution < -0.4 is 10.1 Å². The van der Waals surface area contributed by atoms with Gasteiger partial charge in [0.05, 0.1) is 19.0 Å². The van der Waals surface area contributed by atoms with Gasteiger partial charge in [0.2, 0.25) is 5.91 Å². The van der Waals surface area contributed by atoms with Gasteiger partial charge in [0.25, 0.3) is 0 Å². The number of amides is 2. The molecule has 9 heteroatoms. The van der Waals surface area contributed by atoms with Crippen LogP contribution >= 0.6 is 11.8 Å². The van der Waals surface area contributed by atoms with Crippen LogP contribution in [0.5, 0.6) is 5.75 Å². The summed E-state index contributed by atoms with van der Waals surface area (Å²) >= 11 is 0.816. The number of thioether (sulfide) groups is 1. The van der Waals surface area contributed by atoms with E-state index in [4.69, 9.17) is 14.2 Å². The maximum Gasteiger partial charge on any atom is 0.408 e. The molecule has 1 aromatic rings. The highest BCUT2D eigenvalue weighted by molar-refractivity contribution is 8.13. The second kappa shape index (κ2) is 10.6. The number of hydrogen-bond donors (Lipinski definition) is 1. The number of fused-ring (bicyclic) bond motifs is 1. The van der Waals surface area contributed by atoms with Gasteiger partial charge in [-0.25, -0.2) is 9.59 Å². The van der Waals surface area contributed by atoms with Crippen molar-refractivity contribution < 1.29 is 28.6 Å². The van der Waals surface area contributed by atoms with Gasteiger partial charge >= 0.3 is 11.4 Å². The molecule has 2 atom stereocenters. The van der Waals surface area contributed by atoms with E-state index in [1.165, 1.54) is 7.11 Å². The molecule has 1 N–H and O–H groups in total. The van der Waals surface area contributed by atoms with E-state index in [1.807, 2.05) is 24.3 Å². The lowest BCUT2D eigenvalue weighted by molar-refractivity contribution is -0.136. The van der Waals surface area contributed by atoms with Gasteiger partial charge in [0.1, 0.15) is 18.0 Å². The van der Waals surface area contributed by atoms with Crippen molar-refractivity contribution in [3.05, 3.63) is 29.8 Å². The highest BCUT2D eigenvalue weighted by atomic mass is 32.2. The molecule has 0 fully saturated rings. The van der Waals surface area contributed by atoms with Crippen LogP contribution in [0, 0.1) is 5.92 Å². The fourth-order valence-corrected chi connectivity index (χ4v) is 3.86. The molecule has 1 aliphatic heterocycles. The van der Waals surface area contributed by atoms with Gasteiger partial charge in [-0.3, -0.25) is 4.79 Å². The van der Waals surface area contributed by atoms with E-state index in [9.17, 15) is 14.4 Å². The molecular formula is C21H30N2O6S. The summed E-state index contributed by atoms with van der Waals surface area (Å²) in [6, 6.07) is 7.63. The lowest BCUT2D eigenvalue weighted by Gasteiger charge is -2.27. The van der Waals surface area contributed by atoms with Crippen LogP contribution in [0.15, 0.2) is 24.3 Å². The molecule has 1 unspecified atom stereocenters. The zero-order chi connectivity index (χ0) is 22.3. The molecule has 0 saturated heterocycles. The Bertz CT molecular complexity index is 764. The summed E-state index contributed by atoms with van der Waals surface area (Å²) < 4.78 is 15.7. The number of benzene rings is 1. The van der Waals surface area contributed by atoms with Crippen LogP contribution in [-0.2, 0) is 20.8 Å². The molecule has 0 radical (unpaired) electrons. The van der Waals surface area contributed by atoms with E-state index >= 15 is 0 Å². The van der Waals surface area contributed by atoms with E-state index in [2.05, 4.69) is 5.32 Å². The molecule has 166 valence electrons. The zero-order valence-electron chi connectivity index (χ0n) is 18.1. The number of hydrogen-bond acceptors (Lipinski definition) is 7. The number of carbonyl (C=O) groups is 3. The predicted molar refractivity (Wildman–Crippen MR) is 114 cm³/mol. The molecule has 1 aliphatic rings. The number of rotatable bonds is 5. The van der Waals surface area contributed by atoms with E-state index in [-0.39, 0.29) is 12.3 Å². The third-order valence-corrected chi connectivity index (χ3v) is 5.29. The van der Waals surface area contributed by atoms with Crippen LogP contribution in [0.4, 0.5) is 9.59 Å². The van der Waals surface area contributed by atoms with Crippen LogP contribution in [0.2, 0.25) is 0 Å². The van der Waals surface area contributed by atoms with E-state index in [0.29, 0.717) is 19.7 Å². The van der Waals surface area contributed by atoms with Gasteiger partial charge < -0.3 is 24.4 Å². The van der Waals surface area contributed by atoms with E-state index in [0.717, 1.165) is 23.1 Å². The molecule has 1 heterocycles. The SMILES string of the molecule is COC(=O)S[C@H](CC(C)C(=O)N1CCOc2ccccc2C1)NC(=O)OC(C)(C)C. The monoisotopic (exact) mass is 438 g/mol. The Morgan fingerprint density at radius 3 is 2.63 bits per heavy atom. The molecule has 0 spiro atoms. The summed E-state index contributed by atoms with van der Waals surface area (Å²) in [7, 11) is 1.27. The second-order valence-corrected chi connectivity index (χ2v) is 9.20. The molecule has 0 aromatic heterocycles. The highest BCUT2D eigenvalue weighted by Crippen LogP contribution is 2.26. The number of para-hydroxylation sites is 1. The van der Waals surface area contributed by atoms with E-state index in [1.54, 1.807) is 32.6 Å². The summed E-state index contributed by atoms with van der Waals surface area (Å²) in [5.74, 6) is 0.273. The van der Waals surface area contributed by atoms with Gasteiger partial charge in [-0.2, -0.15) is 0 Å². The Morgan fingerprint density at radius 2 is 1.97 bits per heavy atom. The van der Waals surface area contributed by atoms with Crippen LogP contribution in [0.1, 0.15) is 39.7 Å². The first-order valence-electron chi connectivity index (χ1n) is 9.82. The first-order chi connectivity index (χ1) is 14.1. The van der Waals surface area contributed by atoms with Crippen molar-refractivity contribution in [2.24, 2.45) is 5.92 Å². The smallest absolute Gasteiger partial charge is 0.408 e. The fraction of sp³-hybridized carbons (Fsp3) is 0.571. The molecular weight excluding hydrogens is 408 g/mol. The summed E-state index contributed by atoms with van der Waals surface area (Å²) in [6.07, 6.45) is -0.405. The fourth-order valence-electron chi connectivity index (χ4n) is 2.99. The third kappa shape index (κ3) is 7.44. The Labute approximate surface area is 181 Å². The Morgan fingerprint density at radius 1 is 1.27 bits per heavy atom. The maximum absolute atomic E-state index is 13.1. The summed E-state index contributed by atoms with van der Waals surface area (Å²) in [5.41, 5.74) is 0.272. The molecule has 2 rings (SSSR count). The van der Waals surface area contributed by atoms with Gasteiger partial charge in [-0.1, -0.05) is 25.1 Å². The topological polar surface area (TPSA) is 94.2 Å². The van der Waals surface area contributed by atoms with Crippen molar-refractivity contribution in [3.63, 3.8) is 0 Å². The Balaban J connectivity index is 2.04. The summed E-state index contributed by atoms with van der Waals surface area (Å²) in [4.78, 5) is 38.7. The molecule has 0 bridgehead atoms. The summed E-state index contributed by atoms with van der Waals surface area (Å²) in [6.45, 7) is 8.36. The maximum atomic E-state index is 13.1. The Hall–Kier alpha value is -2.42. The van der Waals surface area contributed by atoms with Crippen molar-refractivity contribution in [3.8, 4) is 5.75 Å². The molecule has 2 amide bonds. The number of alkyl carbamates (subject to hydrolysis) is 1. The van der Waals surface area contributed by atoms with Gasteiger partial charge in [-0.15, -0.1) is 0 Å². The first kappa shape index (κ1) is 23.9. The minimum atomic E-state index is -0.675. The molecule has 30 heavy (non-hydrogen) atoms. The number of ether oxygens (including phenoxy) is 3. The van der Waals surface area contributed by atoms with Gasteiger partial charge in [0, 0.05) is 18.0 Å². The zero-order valence-corrected chi connectivity index (χ0v) is 18.9. The van der Waals surface area contributed by atoms with Crippen LogP contribution in [0.3, 0.4) is 0 Å². The van der Waals surface area contributed by atoms with Crippen molar-refractivity contribution in [1.29, 1.82) is 0 Å². The minimum absolute atomic E-state index is 0.0724. The molecule has 0 saturated carbocycles. The largest absolute Gasteiger partial charge is 0.491 e. The van der Waals surface area contributed by atoms with Gasteiger partial charge in [0.15, 0.2) is 0 Å². The standard InChI is InChI=1S/C21H30N2O6S/c1-14(12-17(30-20(26)27-5)22-19(25)29-21(2,3)4)18(24)23-10-11-28-16-9-7-6-8-15(16)13-23/h6-9,14,17H,10-13H2,1-5H3,(H,22,25)/t14?,17-/m1/s1. The highest BCUT2D eigenvalue weighted by Gasteiger charge is 2.29. The number of nitrogens with one attached hydrogen (secondary N) is 1.